The number of β-amino-alcohol motifs (C(OH)–C–C–N with tert-alkyl or cyclic N) is 1. The lowest BCUT2D eigenvalue weighted by atomic mass is 9.70. The molecule has 2 rings (SSSR count). The molecule has 22 heavy (non-hydrogen) atoms. The second-order valence-electron chi connectivity index (χ2n) is 7.70. The average molecular weight is 312 g/mol. The van der Waals surface area contributed by atoms with Crippen LogP contribution in [0.4, 0.5) is 0 Å². The van der Waals surface area contributed by atoms with Gasteiger partial charge in [-0.1, -0.05) is 20.8 Å². The van der Waals surface area contributed by atoms with E-state index in [1.165, 1.54) is 0 Å². The third-order valence-electron chi connectivity index (χ3n) is 4.93. The van der Waals surface area contributed by atoms with Crippen molar-refractivity contribution in [3.63, 3.8) is 0 Å². The normalized spacial score (nSPS) is 28.6. The first-order valence-electron chi connectivity index (χ1n) is 8.13. The van der Waals surface area contributed by atoms with Crippen LogP contribution in [0.15, 0.2) is 0 Å². The van der Waals surface area contributed by atoms with E-state index in [0.29, 0.717) is 26.1 Å². The molecule has 1 unspecified atom stereocenters. The first-order chi connectivity index (χ1) is 10.2. The maximum absolute atomic E-state index is 12.4. The van der Waals surface area contributed by atoms with Crippen molar-refractivity contribution in [2.75, 3.05) is 19.6 Å². The van der Waals surface area contributed by atoms with Gasteiger partial charge in [-0.15, -0.1) is 0 Å². The zero-order chi connectivity index (χ0) is 16.5. The number of amides is 1. The van der Waals surface area contributed by atoms with E-state index < -0.39 is 12.1 Å². The number of likely N-dealkylation sites (tertiary alicyclic amines) is 1. The van der Waals surface area contributed by atoms with Gasteiger partial charge in [0.25, 0.3) is 0 Å². The number of carbonyl (C=O) groups is 2. The number of aliphatic hydroxyl groups excluding tert-OH is 1. The van der Waals surface area contributed by atoms with Crippen LogP contribution >= 0.6 is 0 Å². The van der Waals surface area contributed by atoms with Crippen molar-refractivity contribution in [3.8, 4) is 0 Å². The molecule has 3 atom stereocenters. The Bertz CT molecular complexity index is 424. The van der Waals surface area contributed by atoms with Crippen LogP contribution in [0, 0.1) is 17.3 Å². The van der Waals surface area contributed by atoms with E-state index in [1.807, 2.05) is 25.7 Å². The van der Waals surface area contributed by atoms with E-state index in [0.717, 1.165) is 12.8 Å². The highest BCUT2D eigenvalue weighted by molar-refractivity contribution is 5.82. The summed E-state index contributed by atoms with van der Waals surface area (Å²) in [5, 5.41) is 22.1. The van der Waals surface area contributed by atoms with Crippen molar-refractivity contribution in [2.45, 2.75) is 52.2 Å². The van der Waals surface area contributed by atoms with Gasteiger partial charge in [-0.25, -0.2) is 0 Å². The molecule has 1 amide bonds. The van der Waals surface area contributed by atoms with Gasteiger partial charge in [0.15, 0.2) is 0 Å². The second-order valence-corrected chi connectivity index (χ2v) is 7.70. The third-order valence-corrected chi connectivity index (χ3v) is 4.93. The van der Waals surface area contributed by atoms with E-state index in [-0.39, 0.29) is 29.2 Å². The Labute approximate surface area is 131 Å². The summed E-state index contributed by atoms with van der Waals surface area (Å²) in [6.07, 6.45) is 1.49. The van der Waals surface area contributed by atoms with Crippen LogP contribution in [0.3, 0.4) is 0 Å². The summed E-state index contributed by atoms with van der Waals surface area (Å²) in [7, 11) is 0. The van der Waals surface area contributed by atoms with Gasteiger partial charge in [0, 0.05) is 19.6 Å². The number of piperidine rings is 1. The number of carboxylic acid groups (broad SMARTS) is 1. The summed E-state index contributed by atoms with van der Waals surface area (Å²) in [6, 6.07) is -0.288. The summed E-state index contributed by atoms with van der Waals surface area (Å²) in [6.45, 7) is 7.58. The average Bonchev–Trinajstić information content (AvgIpc) is 2.83. The Morgan fingerprint density at radius 3 is 2.23 bits per heavy atom. The number of nitrogens with zero attached hydrogens (tertiary/aromatic N) is 1. The Hall–Kier alpha value is -1.14. The first kappa shape index (κ1) is 17.2. The summed E-state index contributed by atoms with van der Waals surface area (Å²) in [4.78, 5) is 25.8. The predicted octanol–water partition coefficient (Wildman–Crippen LogP) is 0.695. The number of hydrogen-bond acceptors (Lipinski definition) is 4. The molecule has 2 aliphatic rings. The largest absolute Gasteiger partial charge is 0.481 e. The lowest BCUT2D eigenvalue weighted by molar-refractivity contribution is -0.149. The molecule has 0 spiro atoms. The van der Waals surface area contributed by atoms with Crippen LogP contribution in [0.2, 0.25) is 0 Å². The molecule has 6 heteroatoms. The SMILES string of the molecule is CC(C)(C)C(C(=O)O)C1CCN(C(=O)[C@H]2C[C@@H](O)CN2)CC1. The van der Waals surface area contributed by atoms with Gasteiger partial charge < -0.3 is 20.4 Å². The smallest absolute Gasteiger partial charge is 0.307 e. The molecule has 0 saturated carbocycles. The van der Waals surface area contributed by atoms with Gasteiger partial charge in [-0.05, 0) is 30.6 Å². The zero-order valence-corrected chi connectivity index (χ0v) is 13.7. The highest BCUT2D eigenvalue weighted by Crippen LogP contribution is 2.37. The number of carbonyl (C=O) groups excluding carboxylic acids is 1. The maximum Gasteiger partial charge on any atom is 0.307 e. The van der Waals surface area contributed by atoms with E-state index in [1.54, 1.807) is 0 Å². The highest BCUT2D eigenvalue weighted by atomic mass is 16.4. The highest BCUT2D eigenvalue weighted by Gasteiger charge is 2.41. The monoisotopic (exact) mass is 312 g/mol. The Balaban J connectivity index is 1.92. The van der Waals surface area contributed by atoms with Crippen LogP contribution in [0.25, 0.3) is 0 Å². The molecule has 0 aromatic carbocycles. The molecule has 2 fully saturated rings. The van der Waals surface area contributed by atoms with E-state index in [2.05, 4.69) is 5.32 Å². The Morgan fingerprint density at radius 1 is 1.23 bits per heavy atom. The van der Waals surface area contributed by atoms with E-state index in [9.17, 15) is 19.8 Å². The molecular weight excluding hydrogens is 284 g/mol. The lowest BCUT2D eigenvalue weighted by Gasteiger charge is -2.40. The molecule has 2 aliphatic heterocycles. The third kappa shape index (κ3) is 3.79. The molecule has 2 saturated heterocycles. The molecule has 6 nitrogen and oxygen atoms in total. The second kappa shape index (κ2) is 6.54. The summed E-state index contributed by atoms with van der Waals surface area (Å²) in [5.41, 5.74) is -0.278. The molecule has 0 aromatic heterocycles. The van der Waals surface area contributed by atoms with E-state index >= 15 is 0 Å². The number of carboxylic acids is 1. The summed E-state index contributed by atoms with van der Waals surface area (Å²) >= 11 is 0. The fourth-order valence-electron chi connectivity index (χ4n) is 3.86. The molecule has 126 valence electrons. The van der Waals surface area contributed by atoms with Crippen LogP contribution < -0.4 is 5.32 Å². The Morgan fingerprint density at radius 2 is 1.82 bits per heavy atom. The maximum atomic E-state index is 12.4. The van der Waals surface area contributed by atoms with E-state index in [4.69, 9.17) is 0 Å². The van der Waals surface area contributed by atoms with Crippen molar-refractivity contribution >= 4 is 11.9 Å². The van der Waals surface area contributed by atoms with Crippen molar-refractivity contribution < 1.29 is 19.8 Å². The van der Waals surface area contributed by atoms with Crippen molar-refractivity contribution in [1.29, 1.82) is 0 Å². The van der Waals surface area contributed by atoms with Crippen molar-refractivity contribution in [1.82, 2.24) is 10.2 Å². The summed E-state index contributed by atoms with van der Waals surface area (Å²) < 4.78 is 0. The number of aliphatic carboxylic acids is 1. The lowest BCUT2D eigenvalue weighted by Crippen LogP contribution is -2.49. The van der Waals surface area contributed by atoms with Gasteiger partial charge in [0.2, 0.25) is 5.91 Å². The minimum atomic E-state index is -0.738. The van der Waals surface area contributed by atoms with Gasteiger partial charge in [-0.2, -0.15) is 0 Å². The molecule has 2 heterocycles. The minimum absolute atomic E-state index is 0.0395. The number of aliphatic hydroxyl groups is 1. The van der Waals surface area contributed by atoms with Crippen molar-refractivity contribution in [3.05, 3.63) is 0 Å². The predicted molar refractivity (Wildman–Crippen MR) is 82.3 cm³/mol. The topological polar surface area (TPSA) is 89.9 Å². The standard InChI is InChI=1S/C16H28N2O4/c1-16(2,3)13(15(21)22)10-4-6-18(7-5-10)14(20)12-8-11(19)9-17-12/h10-13,17,19H,4-9H2,1-3H3,(H,21,22)/t11-,12-,13?/m1/s1. The summed E-state index contributed by atoms with van der Waals surface area (Å²) in [5.74, 6) is -0.963. The quantitative estimate of drug-likeness (QED) is 0.713. The van der Waals surface area contributed by atoms with Crippen LogP contribution in [0.1, 0.15) is 40.0 Å². The number of nitrogens with one attached hydrogen (secondary N) is 1. The molecule has 0 aliphatic carbocycles. The van der Waals surface area contributed by atoms with Gasteiger partial charge >= 0.3 is 5.97 Å². The number of rotatable bonds is 3. The molecular formula is C16H28N2O4. The van der Waals surface area contributed by atoms with Gasteiger partial charge in [0.05, 0.1) is 18.1 Å². The van der Waals surface area contributed by atoms with Gasteiger partial charge in [-0.3, -0.25) is 9.59 Å². The fraction of sp³-hybridized carbons (Fsp3) is 0.875. The zero-order valence-electron chi connectivity index (χ0n) is 13.7. The Kier molecular flexibility index (Phi) is 5.12. The van der Waals surface area contributed by atoms with Crippen LogP contribution in [-0.4, -0.2) is 58.8 Å². The molecule has 3 N–H and O–H groups in total. The first-order valence-corrected chi connectivity index (χ1v) is 8.13. The van der Waals surface area contributed by atoms with Crippen LogP contribution in [-0.2, 0) is 9.59 Å². The van der Waals surface area contributed by atoms with Crippen LogP contribution in [0.5, 0.6) is 0 Å². The fourth-order valence-corrected chi connectivity index (χ4v) is 3.86. The molecule has 0 bridgehead atoms. The molecule has 0 radical (unpaired) electrons. The van der Waals surface area contributed by atoms with Crippen molar-refractivity contribution in [2.24, 2.45) is 17.3 Å². The van der Waals surface area contributed by atoms with Gasteiger partial charge in [0.1, 0.15) is 0 Å². The minimum Gasteiger partial charge on any atom is -0.481 e. The number of hydrogen-bond donors (Lipinski definition) is 3. The molecule has 0 aromatic rings.